The van der Waals surface area contributed by atoms with Gasteiger partial charge in [-0.05, 0) is 30.7 Å². The van der Waals surface area contributed by atoms with Crippen LogP contribution in [-0.2, 0) is 11.3 Å². The number of rotatable bonds is 5. The summed E-state index contributed by atoms with van der Waals surface area (Å²) in [5.74, 6) is -0.324. The molecule has 2 amide bonds. The molecule has 3 rings (SSSR count). The van der Waals surface area contributed by atoms with E-state index in [-0.39, 0.29) is 18.4 Å². The maximum atomic E-state index is 12.4. The topological polar surface area (TPSA) is 53.9 Å². The third-order valence-electron chi connectivity index (χ3n) is 5.01. The van der Waals surface area contributed by atoms with Gasteiger partial charge in [-0.2, -0.15) is 0 Å². The first-order valence-corrected chi connectivity index (χ1v) is 9.60. The quantitative estimate of drug-likeness (QED) is 0.814. The van der Waals surface area contributed by atoms with Gasteiger partial charge in [-0.3, -0.25) is 9.59 Å². The van der Waals surface area contributed by atoms with Crippen LogP contribution in [0.4, 0.5) is 0 Å². The predicted octanol–water partition coefficient (Wildman–Crippen LogP) is 1.31. The molecule has 0 atom stereocenters. The van der Waals surface area contributed by atoms with Crippen molar-refractivity contribution in [3.63, 3.8) is 0 Å². The minimum absolute atomic E-state index is 0.0124. The fraction of sp³-hybridized carbons (Fsp3) is 0.333. The standard InChI is InChI=1S/C21H24ClN3O2/c1-16-5-2-3-6-18(16)15-24-9-11-25(12-10-24)20(26)14-23-21(27)17-7-4-8-19(22)13-17/h2-8,13H,9-12,14-15H2,1H3,(H,23,27)/p+1. The minimum atomic E-state index is -0.283. The van der Waals surface area contributed by atoms with Gasteiger partial charge in [-0.15, -0.1) is 0 Å². The third-order valence-corrected chi connectivity index (χ3v) is 5.25. The van der Waals surface area contributed by atoms with Crippen LogP contribution >= 0.6 is 11.6 Å². The van der Waals surface area contributed by atoms with Crippen LogP contribution in [0, 0.1) is 6.92 Å². The predicted molar refractivity (Wildman–Crippen MR) is 106 cm³/mol. The number of quaternary nitrogens is 1. The van der Waals surface area contributed by atoms with E-state index in [4.69, 9.17) is 11.6 Å². The molecule has 0 radical (unpaired) electrons. The molecule has 27 heavy (non-hydrogen) atoms. The van der Waals surface area contributed by atoms with Gasteiger partial charge in [0.15, 0.2) is 0 Å². The van der Waals surface area contributed by atoms with Crippen LogP contribution in [0.25, 0.3) is 0 Å². The Balaban J connectivity index is 1.44. The Hall–Kier alpha value is -2.37. The Morgan fingerprint density at radius 1 is 1.11 bits per heavy atom. The molecule has 6 heteroatoms. The van der Waals surface area contributed by atoms with Gasteiger partial charge in [0.2, 0.25) is 5.91 Å². The van der Waals surface area contributed by atoms with Crippen molar-refractivity contribution in [3.8, 4) is 0 Å². The maximum absolute atomic E-state index is 12.4. The number of hydrogen-bond acceptors (Lipinski definition) is 2. The summed E-state index contributed by atoms with van der Waals surface area (Å²) in [5, 5.41) is 3.19. The van der Waals surface area contributed by atoms with Crippen LogP contribution in [-0.4, -0.2) is 49.4 Å². The van der Waals surface area contributed by atoms with Crippen LogP contribution in [0.3, 0.4) is 0 Å². The molecule has 1 heterocycles. The second-order valence-corrected chi connectivity index (χ2v) is 7.36. The van der Waals surface area contributed by atoms with E-state index in [9.17, 15) is 9.59 Å². The van der Waals surface area contributed by atoms with Crippen molar-refractivity contribution in [2.45, 2.75) is 13.5 Å². The highest BCUT2D eigenvalue weighted by atomic mass is 35.5. The second kappa shape index (κ2) is 9.02. The number of halogens is 1. The molecule has 1 aliphatic rings. The van der Waals surface area contributed by atoms with Gasteiger partial charge in [0.25, 0.3) is 5.91 Å². The SMILES string of the molecule is Cc1ccccc1C[NH+]1CCN(C(=O)CNC(=O)c2cccc(Cl)c2)CC1. The smallest absolute Gasteiger partial charge is 0.251 e. The zero-order chi connectivity index (χ0) is 19.2. The first-order chi connectivity index (χ1) is 13.0. The lowest BCUT2D eigenvalue weighted by atomic mass is 10.1. The molecule has 0 aliphatic carbocycles. The Bertz CT molecular complexity index is 817. The summed E-state index contributed by atoms with van der Waals surface area (Å²) in [6.07, 6.45) is 0. The minimum Gasteiger partial charge on any atom is -0.343 e. The Labute approximate surface area is 164 Å². The molecule has 0 bridgehead atoms. The molecule has 2 N–H and O–H groups in total. The van der Waals surface area contributed by atoms with E-state index in [1.54, 1.807) is 24.3 Å². The zero-order valence-electron chi connectivity index (χ0n) is 15.5. The van der Waals surface area contributed by atoms with E-state index >= 15 is 0 Å². The summed E-state index contributed by atoms with van der Waals surface area (Å²) in [5.41, 5.74) is 3.14. The number of aryl methyl sites for hydroxylation is 1. The lowest BCUT2D eigenvalue weighted by Gasteiger charge is -2.32. The summed E-state index contributed by atoms with van der Waals surface area (Å²) < 4.78 is 0. The van der Waals surface area contributed by atoms with Gasteiger partial charge in [0.05, 0.1) is 32.7 Å². The maximum Gasteiger partial charge on any atom is 0.251 e. The number of amides is 2. The van der Waals surface area contributed by atoms with Crippen LogP contribution in [0.2, 0.25) is 5.02 Å². The number of benzene rings is 2. The first kappa shape index (κ1) is 19.4. The van der Waals surface area contributed by atoms with Crippen molar-refractivity contribution in [2.24, 2.45) is 0 Å². The molecule has 2 aromatic carbocycles. The molecule has 1 aliphatic heterocycles. The number of nitrogens with zero attached hydrogens (tertiary/aromatic N) is 1. The fourth-order valence-electron chi connectivity index (χ4n) is 3.33. The normalized spacial score (nSPS) is 14.8. The molecule has 5 nitrogen and oxygen atoms in total. The van der Waals surface area contributed by atoms with Gasteiger partial charge in [0, 0.05) is 16.1 Å². The van der Waals surface area contributed by atoms with E-state index in [0.29, 0.717) is 23.7 Å². The van der Waals surface area contributed by atoms with Crippen LogP contribution in [0.5, 0.6) is 0 Å². The highest BCUT2D eigenvalue weighted by molar-refractivity contribution is 6.30. The summed E-state index contributed by atoms with van der Waals surface area (Å²) in [6.45, 7) is 6.40. The number of carbonyl (C=O) groups excluding carboxylic acids is 2. The van der Waals surface area contributed by atoms with Crippen molar-refractivity contribution >= 4 is 23.4 Å². The average Bonchev–Trinajstić information content (AvgIpc) is 2.68. The van der Waals surface area contributed by atoms with Crippen molar-refractivity contribution < 1.29 is 14.5 Å². The lowest BCUT2D eigenvalue weighted by Crippen LogP contribution is -3.13. The highest BCUT2D eigenvalue weighted by Gasteiger charge is 2.24. The molecular formula is C21H25ClN3O2+. The van der Waals surface area contributed by atoms with Crippen molar-refractivity contribution in [1.82, 2.24) is 10.2 Å². The monoisotopic (exact) mass is 386 g/mol. The Kier molecular flexibility index (Phi) is 6.48. The lowest BCUT2D eigenvalue weighted by molar-refractivity contribution is -0.917. The van der Waals surface area contributed by atoms with Gasteiger partial charge in [-0.1, -0.05) is 41.9 Å². The molecule has 0 saturated carbocycles. The van der Waals surface area contributed by atoms with E-state index in [1.807, 2.05) is 4.90 Å². The van der Waals surface area contributed by atoms with E-state index in [1.165, 1.54) is 16.0 Å². The van der Waals surface area contributed by atoms with Crippen molar-refractivity contribution in [3.05, 3.63) is 70.2 Å². The number of hydrogen-bond donors (Lipinski definition) is 2. The van der Waals surface area contributed by atoms with Crippen molar-refractivity contribution in [2.75, 3.05) is 32.7 Å². The van der Waals surface area contributed by atoms with Crippen molar-refractivity contribution in [1.29, 1.82) is 0 Å². The number of piperazine rings is 1. The number of carbonyl (C=O) groups is 2. The molecule has 0 unspecified atom stereocenters. The first-order valence-electron chi connectivity index (χ1n) is 9.22. The third kappa shape index (κ3) is 5.31. The summed E-state index contributed by atoms with van der Waals surface area (Å²) >= 11 is 5.90. The molecular weight excluding hydrogens is 362 g/mol. The highest BCUT2D eigenvalue weighted by Crippen LogP contribution is 2.10. The van der Waals surface area contributed by atoms with Crippen LogP contribution in [0.15, 0.2) is 48.5 Å². The second-order valence-electron chi connectivity index (χ2n) is 6.93. The molecule has 142 valence electrons. The van der Waals surface area contributed by atoms with E-state index in [0.717, 1.165) is 19.6 Å². The van der Waals surface area contributed by atoms with E-state index < -0.39 is 0 Å². The number of nitrogens with one attached hydrogen (secondary N) is 2. The summed E-state index contributed by atoms with van der Waals surface area (Å²) in [7, 11) is 0. The molecule has 2 aromatic rings. The van der Waals surface area contributed by atoms with Crippen LogP contribution in [0.1, 0.15) is 21.5 Å². The Morgan fingerprint density at radius 3 is 2.56 bits per heavy atom. The summed E-state index contributed by atoms with van der Waals surface area (Å²) in [6, 6.07) is 15.1. The van der Waals surface area contributed by atoms with E-state index in [2.05, 4.69) is 36.5 Å². The molecule has 0 aromatic heterocycles. The average molecular weight is 387 g/mol. The molecule has 1 saturated heterocycles. The Morgan fingerprint density at radius 2 is 1.85 bits per heavy atom. The van der Waals surface area contributed by atoms with Gasteiger partial charge in [-0.25, -0.2) is 0 Å². The zero-order valence-corrected chi connectivity index (χ0v) is 16.3. The van der Waals surface area contributed by atoms with Gasteiger partial charge in [0.1, 0.15) is 6.54 Å². The molecule has 1 fully saturated rings. The molecule has 0 spiro atoms. The summed E-state index contributed by atoms with van der Waals surface area (Å²) in [4.78, 5) is 27.8. The van der Waals surface area contributed by atoms with Gasteiger partial charge >= 0.3 is 0 Å². The van der Waals surface area contributed by atoms with Gasteiger partial charge < -0.3 is 15.1 Å². The largest absolute Gasteiger partial charge is 0.343 e. The van der Waals surface area contributed by atoms with Crippen LogP contribution < -0.4 is 10.2 Å². The fourth-order valence-corrected chi connectivity index (χ4v) is 3.52.